The molecular formula is C16H18N2O3. The molecule has 1 heterocycles. The van der Waals surface area contributed by atoms with Gasteiger partial charge in [-0.05, 0) is 38.0 Å². The van der Waals surface area contributed by atoms with Gasteiger partial charge in [0.2, 0.25) is 0 Å². The van der Waals surface area contributed by atoms with Gasteiger partial charge in [0, 0.05) is 11.4 Å². The number of carbonyl (C=O) groups is 1. The smallest absolute Gasteiger partial charge is 0.314 e. The van der Waals surface area contributed by atoms with E-state index >= 15 is 0 Å². The number of methoxy groups -OCH3 is 1. The normalized spacial score (nSPS) is 12.0. The van der Waals surface area contributed by atoms with Gasteiger partial charge in [0.25, 0.3) is 0 Å². The second kappa shape index (κ2) is 6.35. The molecular weight excluding hydrogens is 268 g/mol. The third-order valence-corrected chi connectivity index (χ3v) is 3.23. The van der Waals surface area contributed by atoms with Crippen LogP contribution in [0.4, 0.5) is 0 Å². The summed E-state index contributed by atoms with van der Waals surface area (Å²) in [5.74, 6) is -0.718. The van der Waals surface area contributed by atoms with Gasteiger partial charge >= 0.3 is 5.97 Å². The fraction of sp³-hybridized carbons (Fsp3) is 0.312. The highest BCUT2D eigenvalue weighted by atomic mass is 16.5. The van der Waals surface area contributed by atoms with Crippen LogP contribution in [0.3, 0.4) is 0 Å². The molecule has 0 aliphatic carbocycles. The lowest BCUT2D eigenvalue weighted by Crippen LogP contribution is -2.18. The number of benzene rings is 1. The lowest BCUT2D eigenvalue weighted by molar-refractivity contribution is -0.139. The zero-order valence-corrected chi connectivity index (χ0v) is 12.3. The number of nitrogens with zero attached hydrogens (tertiary/aromatic N) is 2. The number of hydrogen-bond acceptors (Lipinski definition) is 4. The highest BCUT2D eigenvalue weighted by molar-refractivity contribution is 5.75. The van der Waals surface area contributed by atoms with Gasteiger partial charge in [0.1, 0.15) is 17.5 Å². The first-order valence-corrected chi connectivity index (χ1v) is 6.68. The van der Waals surface area contributed by atoms with Gasteiger partial charge in [-0.25, -0.2) is 9.97 Å². The van der Waals surface area contributed by atoms with E-state index in [1.807, 2.05) is 44.2 Å². The van der Waals surface area contributed by atoms with Gasteiger partial charge in [-0.1, -0.05) is 18.2 Å². The van der Waals surface area contributed by atoms with Gasteiger partial charge in [0.05, 0.1) is 7.11 Å². The van der Waals surface area contributed by atoms with Crippen LogP contribution in [0.5, 0.6) is 5.75 Å². The molecule has 1 aromatic heterocycles. The molecule has 0 aliphatic rings. The molecule has 0 amide bonds. The van der Waals surface area contributed by atoms with E-state index in [-0.39, 0.29) is 0 Å². The van der Waals surface area contributed by atoms with Crippen LogP contribution in [0.25, 0.3) is 0 Å². The van der Waals surface area contributed by atoms with E-state index in [0.717, 1.165) is 17.0 Å². The van der Waals surface area contributed by atoms with Gasteiger partial charge in [-0.2, -0.15) is 0 Å². The number of aliphatic carboxylic acids is 1. The van der Waals surface area contributed by atoms with Crippen molar-refractivity contribution in [2.24, 2.45) is 0 Å². The Hall–Kier alpha value is -2.43. The third-order valence-electron chi connectivity index (χ3n) is 3.23. The van der Waals surface area contributed by atoms with Crippen molar-refractivity contribution in [1.29, 1.82) is 0 Å². The molecule has 0 saturated heterocycles. The summed E-state index contributed by atoms with van der Waals surface area (Å²) in [6.07, 6.45) is 0.294. The van der Waals surface area contributed by atoms with E-state index in [4.69, 9.17) is 4.74 Å². The van der Waals surface area contributed by atoms with Crippen molar-refractivity contribution < 1.29 is 14.6 Å². The van der Waals surface area contributed by atoms with Crippen LogP contribution in [0.1, 0.15) is 28.7 Å². The highest BCUT2D eigenvalue weighted by Crippen LogP contribution is 2.25. The standard InChI is InChI=1S/C16H18N2O3/c1-10-8-11(2)18-15(17-10)13(16(19)20)9-12-6-4-5-7-14(12)21-3/h4-8,13H,9H2,1-3H3,(H,19,20). The van der Waals surface area contributed by atoms with Crippen LogP contribution in [-0.4, -0.2) is 28.2 Å². The minimum absolute atomic E-state index is 0.294. The van der Waals surface area contributed by atoms with Crippen molar-refractivity contribution in [3.63, 3.8) is 0 Å². The van der Waals surface area contributed by atoms with Crippen LogP contribution in [0.2, 0.25) is 0 Å². The maximum atomic E-state index is 11.6. The molecule has 1 atom stereocenters. The zero-order valence-electron chi connectivity index (χ0n) is 12.3. The largest absolute Gasteiger partial charge is 0.496 e. The molecule has 2 rings (SSSR count). The molecule has 0 saturated carbocycles. The molecule has 0 bridgehead atoms. The topological polar surface area (TPSA) is 72.3 Å². The fourth-order valence-electron chi connectivity index (χ4n) is 2.29. The summed E-state index contributed by atoms with van der Waals surface area (Å²) in [7, 11) is 1.57. The summed E-state index contributed by atoms with van der Waals surface area (Å²) in [5, 5.41) is 9.51. The van der Waals surface area contributed by atoms with Crippen LogP contribution in [0, 0.1) is 13.8 Å². The van der Waals surface area contributed by atoms with Crippen molar-refractivity contribution >= 4 is 5.97 Å². The van der Waals surface area contributed by atoms with E-state index in [2.05, 4.69) is 9.97 Å². The molecule has 0 radical (unpaired) electrons. The van der Waals surface area contributed by atoms with Crippen molar-refractivity contribution in [3.05, 3.63) is 53.1 Å². The Labute approximate surface area is 123 Å². The van der Waals surface area contributed by atoms with E-state index in [1.54, 1.807) is 7.11 Å². The summed E-state index contributed by atoms with van der Waals surface area (Å²) in [6.45, 7) is 3.67. The van der Waals surface area contributed by atoms with E-state index < -0.39 is 11.9 Å². The molecule has 1 unspecified atom stereocenters. The Bertz CT molecular complexity index is 635. The Morgan fingerprint density at radius 1 is 1.24 bits per heavy atom. The lowest BCUT2D eigenvalue weighted by Gasteiger charge is -2.14. The molecule has 110 valence electrons. The number of hydrogen-bond donors (Lipinski definition) is 1. The van der Waals surface area contributed by atoms with Gasteiger partial charge < -0.3 is 9.84 Å². The number of ether oxygens (including phenoxy) is 1. The molecule has 0 fully saturated rings. The molecule has 21 heavy (non-hydrogen) atoms. The second-order valence-corrected chi connectivity index (χ2v) is 4.92. The van der Waals surface area contributed by atoms with Crippen LogP contribution >= 0.6 is 0 Å². The third kappa shape index (κ3) is 3.56. The van der Waals surface area contributed by atoms with Crippen molar-refractivity contribution in [2.75, 3.05) is 7.11 Å². The van der Waals surface area contributed by atoms with E-state index in [9.17, 15) is 9.90 Å². The predicted molar refractivity (Wildman–Crippen MR) is 78.6 cm³/mol. The number of carboxylic acid groups (broad SMARTS) is 1. The monoisotopic (exact) mass is 286 g/mol. The number of aryl methyl sites for hydroxylation is 2. The molecule has 5 nitrogen and oxygen atoms in total. The number of para-hydroxylation sites is 1. The Balaban J connectivity index is 2.38. The Morgan fingerprint density at radius 3 is 2.43 bits per heavy atom. The average Bonchev–Trinajstić information content (AvgIpc) is 2.43. The fourth-order valence-corrected chi connectivity index (χ4v) is 2.29. The predicted octanol–water partition coefficient (Wildman–Crippen LogP) is 2.51. The van der Waals surface area contributed by atoms with E-state index in [1.165, 1.54) is 0 Å². The summed E-state index contributed by atoms with van der Waals surface area (Å²) < 4.78 is 5.28. The lowest BCUT2D eigenvalue weighted by atomic mass is 9.97. The maximum Gasteiger partial charge on any atom is 0.314 e. The van der Waals surface area contributed by atoms with Crippen molar-refractivity contribution in [1.82, 2.24) is 9.97 Å². The first kappa shape index (κ1) is 15.0. The van der Waals surface area contributed by atoms with Crippen molar-refractivity contribution in [2.45, 2.75) is 26.2 Å². The minimum atomic E-state index is -0.939. The van der Waals surface area contributed by atoms with E-state index in [0.29, 0.717) is 18.0 Å². The SMILES string of the molecule is COc1ccccc1CC(C(=O)O)c1nc(C)cc(C)n1. The second-order valence-electron chi connectivity index (χ2n) is 4.92. The van der Waals surface area contributed by atoms with Crippen LogP contribution in [0.15, 0.2) is 30.3 Å². The molecule has 0 aliphatic heterocycles. The first-order valence-electron chi connectivity index (χ1n) is 6.68. The Morgan fingerprint density at radius 2 is 1.86 bits per heavy atom. The Kier molecular flexibility index (Phi) is 4.52. The molecule has 0 spiro atoms. The number of aromatic nitrogens is 2. The van der Waals surface area contributed by atoms with Gasteiger partial charge in [0.15, 0.2) is 0 Å². The zero-order chi connectivity index (χ0) is 15.4. The highest BCUT2D eigenvalue weighted by Gasteiger charge is 2.25. The minimum Gasteiger partial charge on any atom is -0.496 e. The molecule has 5 heteroatoms. The molecule has 2 aromatic rings. The maximum absolute atomic E-state index is 11.6. The first-order chi connectivity index (χ1) is 10.0. The summed E-state index contributed by atoms with van der Waals surface area (Å²) in [4.78, 5) is 20.2. The quantitative estimate of drug-likeness (QED) is 0.914. The van der Waals surface area contributed by atoms with Gasteiger partial charge in [-0.15, -0.1) is 0 Å². The molecule has 1 N–H and O–H groups in total. The number of rotatable bonds is 5. The summed E-state index contributed by atoms with van der Waals surface area (Å²) in [6, 6.07) is 9.21. The van der Waals surface area contributed by atoms with Crippen LogP contribution < -0.4 is 4.74 Å². The summed E-state index contributed by atoms with van der Waals surface area (Å²) >= 11 is 0. The molecule has 1 aromatic carbocycles. The number of carboxylic acids is 1. The van der Waals surface area contributed by atoms with Crippen LogP contribution in [-0.2, 0) is 11.2 Å². The van der Waals surface area contributed by atoms with Gasteiger partial charge in [-0.3, -0.25) is 4.79 Å². The summed E-state index contributed by atoms with van der Waals surface area (Å²) in [5.41, 5.74) is 2.36. The van der Waals surface area contributed by atoms with Crippen molar-refractivity contribution in [3.8, 4) is 5.75 Å². The average molecular weight is 286 g/mol.